The molecule has 1 heterocycles. The predicted octanol–water partition coefficient (Wildman–Crippen LogP) is 3.42. The number of aromatic nitrogens is 2. The van der Waals surface area contributed by atoms with E-state index in [0.717, 1.165) is 17.1 Å². The molecule has 1 aromatic heterocycles. The summed E-state index contributed by atoms with van der Waals surface area (Å²) in [5, 5.41) is 10.1. The second-order valence-corrected chi connectivity index (χ2v) is 4.86. The van der Waals surface area contributed by atoms with E-state index >= 15 is 0 Å². The molecule has 22 heavy (non-hydrogen) atoms. The van der Waals surface area contributed by atoms with Crippen LogP contribution in [0.3, 0.4) is 0 Å². The molecule has 0 aliphatic carbocycles. The molecule has 0 saturated carbocycles. The fourth-order valence-electron chi connectivity index (χ4n) is 2.12. The number of carbonyl (C=O) groups excluding carboxylic acids is 1. The zero-order chi connectivity index (χ0) is 15.4. The minimum Gasteiger partial charge on any atom is -0.356 e. The van der Waals surface area contributed by atoms with Gasteiger partial charge >= 0.3 is 0 Å². The molecule has 2 aromatic carbocycles. The lowest BCUT2D eigenvalue weighted by atomic mass is 10.2. The van der Waals surface area contributed by atoms with Crippen LogP contribution < -0.4 is 10.6 Å². The first-order valence-electron chi connectivity index (χ1n) is 6.94. The number of benzene rings is 2. The van der Waals surface area contributed by atoms with E-state index in [2.05, 4.69) is 15.7 Å². The van der Waals surface area contributed by atoms with Gasteiger partial charge in [-0.15, -0.1) is 0 Å². The van der Waals surface area contributed by atoms with Crippen molar-refractivity contribution in [3.63, 3.8) is 0 Å². The van der Waals surface area contributed by atoms with Gasteiger partial charge in [-0.2, -0.15) is 5.10 Å². The Morgan fingerprint density at radius 1 is 0.909 bits per heavy atom. The van der Waals surface area contributed by atoms with Crippen LogP contribution in [0.4, 0.5) is 17.1 Å². The number of carbonyl (C=O) groups is 1. The number of hydrogen-bond acceptors (Lipinski definition) is 3. The van der Waals surface area contributed by atoms with Crippen molar-refractivity contribution in [3.05, 3.63) is 72.6 Å². The molecule has 5 nitrogen and oxygen atoms in total. The molecule has 1 amide bonds. The van der Waals surface area contributed by atoms with Gasteiger partial charge in [0.15, 0.2) is 0 Å². The first-order valence-corrected chi connectivity index (χ1v) is 6.94. The van der Waals surface area contributed by atoms with Crippen LogP contribution in [0, 0.1) is 0 Å². The quantitative estimate of drug-likeness (QED) is 0.774. The highest BCUT2D eigenvalue weighted by molar-refractivity contribution is 6.03. The monoisotopic (exact) mass is 292 g/mol. The summed E-state index contributed by atoms with van der Waals surface area (Å²) in [7, 11) is 1.74. The average molecular weight is 292 g/mol. The van der Waals surface area contributed by atoms with Crippen molar-refractivity contribution >= 4 is 23.0 Å². The lowest BCUT2D eigenvalue weighted by molar-refractivity contribution is 0.101. The fourth-order valence-corrected chi connectivity index (χ4v) is 2.12. The topological polar surface area (TPSA) is 59.0 Å². The number of para-hydroxylation sites is 1. The van der Waals surface area contributed by atoms with E-state index in [4.69, 9.17) is 0 Å². The van der Waals surface area contributed by atoms with Gasteiger partial charge in [0.25, 0.3) is 5.91 Å². The first kappa shape index (κ1) is 13.9. The summed E-state index contributed by atoms with van der Waals surface area (Å²) in [6.45, 7) is 0. The maximum atomic E-state index is 12.1. The number of amides is 1. The summed E-state index contributed by atoms with van der Waals surface area (Å²) in [6, 6.07) is 19.2. The number of hydrogen-bond donors (Lipinski definition) is 2. The predicted molar refractivity (Wildman–Crippen MR) is 87.3 cm³/mol. The summed E-state index contributed by atoms with van der Waals surface area (Å²) >= 11 is 0. The smallest absolute Gasteiger partial charge is 0.273 e. The Morgan fingerprint density at radius 3 is 2.18 bits per heavy atom. The molecule has 0 fully saturated rings. The molecule has 5 heteroatoms. The molecule has 0 bridgehead atoms. The van der Waals surface area contributed by atoms with Gasteiger partial charge in [0, 0.05) is 30.3 Å². The molecule has 2 N–H and O–H groups in total. The van der Waals surface area contributed by atoms with Crippen molar-refractivity contribution in [1.29, 1.82) is 0 Å². The fraction of sp³-hybridized carbons (Fsp3) is 0.0588. The normalized spacial score (nSPS) is 10.2. The van der Waals surface area contributed by atoms with Gasteiger partial charge in [-0.05, 0) is 42.5 Å². The van der Waals surface area contributed by atoms with Crippen molar-refractivity contribution in [2.45, 2.75) is 0 Å². The summed E-state index contributed by atoms with van der Waals surface area (Å²) in [6.07, 6.45) is 1.60. The Morgan fingerprint density at radius 2 is 1.55 bits per heavy atom. The molecule has 0 radical (unpaired) electrons. The van der Waals surface area contributed by atoms with E-state index in [1.165, 1.54) is 0 Å². The molecule has 0 spiro atoms. The Kier molecular flexibility index (Phi) is 3.87. The van der Waals surface area contributed by atoms with Gasteiger partial charge in [-0.1, -0.05) is 18.2 Å². The maximum Gasteiger partial charge on any atom is 0.273 e. The highest BCUT2D eigenvalue weighted by Crippen LogP contribution is 2.19. The van der Waals surface area contributed by atoms with Gasteiger partial charge in [0.1, 0.15) is 5.69 Å². The molecule has 0 aliphatic heterocycles. The van der Waals surface area contributed by atoms with Crippen LogP contribution >= 0.6 is 0 Å². The van der Waals surface area contributed by atoms with E-state index in [1.807, 2.05) is 54.6 Å². The third-order valence-corrected chi connectivity index (χ3v) is 3.26. The van der Waals surface area contributed by atoms with Crippen LogP contribution in [0.5, 0.6) is 0 Å². The molecular weight excluding hydrogens is 276 g/mol. The lowest BCUT2D eigenvalue weighted by Crippen LogP contribution is -2.15. The number of nitrogens with one attached hydrogen (secondary N) is 2. The standard InChI is InChI=1S/C17H16N4O/c1-21-16(11-12-18-21)17(22)20-15-9-7-14(8-10-15)19-13-5-3-2-4-6-13/h2-12,19H,1H3,(H,20,22). The largest absolute Gasteiger partial charge is 0.356 e. The second-order valence-electron chi connectivity index (χ2n) is 4.86. The van der Waals surface area contributed by atoms with Crippen LogP contribution in [-0.2, 0) is 7.05 Å². The van der Waals surface area contributed by atoms with Gasteiger partial charge < -0.3 is 10.6 Å². The first-order chi connectivity index (χ1) is 10.7. The molecule has 0 saturated heterocycles. The van der Waals surface area contributed by atoms with Crippen molar-refractivity contribution in [2.24, 2.45) is 7.05 Å². The minimum absolute atomic E-state index is 0.177. The summed E-state index contributed by atoms with van der Waals surface area (Å²) in [5.41, 5.74) is 3.25. The van der Waals surface area contributed by atoms with Gasteiger partial charge in [0.2, 0.25) is 0 Å². The van der Waals surface area contributed by atoms with Gasteiger partial charge in [-0.3, -0.25) is 9.48 Å². The van der Waals surface area contributed by atoms with Crippen LogP contribution in [-0.4, -0.2) is 15.7 Å². The van der Waals surface area contributed by atoms with Crippen molar-refractivity contribution in [2.75, 3.05) is 10.6 Å². The Labute approximate surface area is 128 Å². The van der Waals surface area contributed by atoms with Crippen molar-refractivity contribution in [1.82, 2.24) is 9.78 Å². The van der Waals surface area contributed by atoms with E-state index < -0.39 is 0 Å². The zero-order valence-corrected chi connectivity index (χ0v) is 12.2. The van der Waals surface area contributed by atoms with E-state index in [1.54, 1.807) is 24.0 Å². The minimum atomic E-state index is -0.177. The molecule has 110 valence electrons. The van der Waals surface area contributed by atoms with Crippen LogP contribution in [0.15, 0.2) is 66.9 Å². The summed E-state index contributed by atoms with van der Waals surface area (Å²) in [4.78, 5) is 12.1. The third kappa shape index (κ3) is 3.15. The second kappa shape index (κ2) is 6.13. The lowest BCUT2D eigenvalue weighted by Gasteiger charge is -2.08. The average Bonchev–Trinajstić information content (AvgIpc) is 2.96. The Balaban J connectivity index is 1.67. The molecule has 0 atom stereocenters. The SMILES string of the molecule is Cn1nccc1C(=O)Nc1ccc(Nc2ccccc2)cc1. The number of rotatable bonds is 4. The van der Waals surface area contributed by atoms with Crippen LogP contribution in [0.2, 0.25) is 0 Å². The van der Waals surface area contributed by atoms with E-state index in [0.29, 0.717) is 5.69 Å². The number of anilines is 3. The maximum absolute atomic E-state index is 12.1. The number of nitrogens with zero attached hydrogens (tertiary/aromatic N) is 2. The third-order valence-electron chi connectivity index (χ3n) is 3.26. The van der Waals surface area contributed by atoms with Crippen LogP contribution in [0.25, 0.3) is 0 Å². The number of aryl methyl sites for hydroxylation is 1. The zero-order valence-electron chi connectivity index (χ0n) is 12.2. The molecule has 3 aromatic rings. The Bertz CT molecular complexity index is 763. The van der Waals surface area contributed by atoms with Crippen LogP contribution in [0.1, 0.15) is 10.5 Å². The molecule has 0 unspecified atom stereocenters. The summed E-state index contributed by atoms with van der Waals surface area (Å²) < 4.78 is 1.54. The van der Waals surface area contributed by atoms with E-state index in [9.17, 15) is 4.79 Å². The molecule has 3 rings (SSSR count). The van der Waals surface area contributed by atoms with Gasteiger partial charge in [-0.25, -0.2) is 0 Å². The van der Waals surface area contributed by atoms with Crippen molar-refractivity contribution in [3.8, 4) is 0 Å². The van der Waals surface area contributed by atoms with Gasteiger partial charge in [0.05, 0.1) is 0 Å². The Hall–Kier alpha value is -3.08. The molecular formula is C17H16N4O. The van der Waals surface area contributed by atoms with E-state index in [-0.39, 0.29) is 5.91 Å². The highest BCUT2D eigenvalue weighted by Gasteiger charge is 2.09. The highest BCUT2D eigenvalue weighted by atomic mass is 16.2. The summed E-state index contributed by atoms with van der Waals surface area (Å²) in [5.74, 6) is -0.177. The molecule has 0 aliphatic rings. The van der Waals surface area contributed by atoms with Crippen molar-refractivity contribution < 1.29 is 4.79 Å².